The number of amides is 5. The minimum absolute atomic E-state index is 0.00173. The van der Waals surface area contributed by atoms with Gasteiger partial charge in [0, 0.05) is 40.2 Å². The van der Waals surface area contributed by atoms with Gasteiger partial charge >= 0.3 is 0 Å². The van der Waals surface area contributed by atoms with Crippen molar-refractivity contribution in [2.45, 2.75) is 37.4 Å². The molecule has 25 heteroatoms. The van der Waals surface area contributed by atoms with Crippen LogP contribution in [0.5, 0.6) is 5.75 Å². The number of nitrogens with one attached hydrogen (secondary N) is 5. The van der Waals surface area contributed by atoms with E-state index in [-0.39, 0.29) is 92.9 Å². The highest BCUT2D eigenvalue weighted by molar-refractivity contribution is 14.1. The molecule has 1 aliphatic rings. The Labute approximate surface area is 399 Å². The Morgan fingerprint density at radius 1 is 0.621 bits per heavy atom. The summed E-state index contributed by atoms with van der Waals surface area (Å²) in [5, 5.41) is 89.9. The molecule has 0 aliphatic carbocycles. The molecule has 0 aromatic heterocycles. The van der Waals surface area contributed by atoms with Gasteiger partial charge in [-0.3, -0.25) is 24.0 Å². The Morgan fingerprint density at radius 3 is 1.33 bits per heavy atom. The number of fused-ring (bicyclic) bond motifs is 1. The molecule has 0 saturated carbocycles. The Balaban J connectivity index is 2.18. The standard InChI is InChI=1S/C33H41I5N6O14/c1-12(49)44(28-25(37)19(31(55)41-3-14(51)9-46)22(34)20(26(28)38)32(56)42-4-15(52)10-47)7-17-6-39-27-24(36)18(30(54)40-2-13(50)8-45)23(35)21(29(27)58-17)33(57)43-5-16(53)11-48/h13-17,39,45-48,50-53H,2-11H2,1H3,(H,40,54)(H,41,55)(H,42,56)(H,43,57). The van der Waals surface area contributed by atoms with Gasteiger partial charge in [-0.15, -0.1) is 0 Å². The van der Waals surface area contributed by atoms with Crippen LogP contribution in [-0.2, 0) is 4.79 Å². The summed E-state index contributed by atoms with van der Waals surface area (Å²) in [4.78, 5) is 69.3. The predicted molar refractivity (Wildman–Crippen MR) is 249 cm³/mol. The average Bonchev–Trinajstić information content (AvgIpc) is 3.19. The number of anilines is 2. The Hall–Kier alpha value is -1.28. The van der Waals surface area contributed by atoms with E-state index >= 15 is 0 Å². The molecule has 58 heavy (non-hydrogen) atoms. The molecule has 0 saturated heterocycles. The van der Waals surface area contributed by atoms with Gasteiger partial charge < -0.3 is 77.1 Å². The van der Waals surface area contributed by atoms with Crippen molar-refractivity contribution in [2.75, 3.05) is 75.9 Å². The van der Waals surface area contributed by atoms with Crippen LogP contribution in [0.3, 0.4) is 0 Å². The number of halogens is 5. The van der Waals surface area contributed by atoms with E-state index in [9.17, 15) is 64.8 Å². The van der Waals surface area contributed by atoms with Gasteiger partial charge in [0.1, 0.15) is 6.10 Å². The number of rotatable bonds is 19. The maximum Gasteiger partial charge on any atom is 0.256 e. The van der Waals surface area contributed by atoms with Crippen LogP contribution < -0.4 is 36.2 Å². The average molecular weight is 1380 g/mol. The molecule has 5 amide bonds. The molecule has 0 radical (unpaired) electrons. The van der Waals surface area contributed by atoms with Gasteiger partial charge in [0.2, 0.25) is 5.91 Å². The third-order valence-electron chi connectivity index (χ3n) is 8.20. The molecule has 0 spiro atoms. The molecule has 5 unspecified atom stereocenters. The molecular weight excluding hydrogens is 1340 g/mol. The summed E-state index contributed by atoms with van der Waals surface area (Å²) >= 11 is 9.20. The largest absolute Gasteiger partial charge is 0.484 e. The van der Waals surface area contributed by atoms with Gasteiger partial charge in [-0.25, -0.2) is 0 Å². The molecule has 0 bridgehead atoms. The fourth-order valence-corrected chi connectivity index (χ4v) is 12.4. The molecule has 322 valence electrons. The van der Waals surface area contributed by atoms with Gasteiger partial charge in [0.15, 0.2) is 5.75 Å². The zero-order valence-corrected chi connectivity index (χ0v) is 41.1. The molecule has 0 fully saturated rings. The number of carbonyl (C=O) groups is 5. The van der Waals surface area contributed by atoms with Crippen molar-refractivity contribution in [1.29, 1.82) is 0 Å². The van der Waals surface area contributed by atoms with Crippen molar-refractivity contribution in [3.63, 3.8) is 0 Å². The van der Waals surface area contributed by atoms with Crippen LogP contribution in [0.15, 0.2) is 0 Å². The van der Waals surface area contributed by atoms with Crippen molar-refractivity contribution < 1.29 is 69.6 Å². The monoisotopic (exact) mass is 1380 g/mol. The number of carbonyl (C=O) groups excluding carboxylic acids is 5. The third kappa shape index (κ3) is 12.7. The quantitative estimate of drug-likeness (QED) is 0.0696. The van der Waals surface area contributed by atoms with Crippen molar-refractivity contribution in [3.05, 3.63) is 40.1 Å². The lowest BCUT2D eigenvalue weighted by Crippen LogP contribution is -2.46. The van der Waals surface area contributed by atoms with E-state index in [0.29, 0.717) is 3.57 Å². The van der Waals surface area contributed by atoms with Crippen LogP contribution in [-0.4, -0.2) is 167 Å². The molecule has 1 aliphatic heterocycles. The van der Waals surface area contributed by atoms with Crippen LogP contribution in [0.1, 0.15) is 48.4 Å². The van der Waals surface area contributed by atoms with Crippen LogP contribution in [0, 0.1) is 17.9 Å². The summed E-state index contributed by atoms with van der Waals surface area (Å²) in [5.74, 6) is -3.52. The second kappa shape index (κ2) is 23.8. The van der Waals surface area contributed by atoms with Crippen LogP contribution >= 0.6 is 113 Å². The Bertz CT molecular complexity index is 1820. The molecule has 1 heterocycles. The molecular formula is C33H41I5N6O14. The van der Waals surface area contributed by atoms with Gasteiger partial charge in [-0.2, -0.15) is 0 Å². The number of ether oxygens (including phenoxy) is 1. The number of hydrogen-bond acceptors (Lipinski definition) is 15. The first-order valence-electron chi connectivity index (χ1n) is 17.1. The first kappa shape index (κ1) is 51.1. The third-order valence-corrected chi connectivity index (χ3v) is 13.5. The van der Waals surface area contributed by atoms with Crippen LogP contribution in [0.4, 0.5) is 11.4 Å². The van der Waals surface area contributed by atoms with Gasteiger partial charge in [0.25, 0.3) is 23.6 Å². The summed E-state index contributed by atoms with van der Waals surface area (Å²) in [6.45, 7) is -2.87. The van der Waals surface area contributed by atoms with Gasteiger partial charge in [-0.1, -0.05) is 0 Å². The summed E-state index contributed by atoms with van der Waals surface area (Å²) in [7, 11) is 0. The molecule has 20 nitrogen and oxygen atoms in total. The maximum absolute atomic E-state index is 13.7. The van der Waals surface area contributed by atoms with E-state index in [1.165, 1.54) is 11.8 Å². The number of aliphatic hydroxyl groups excluding tert-OH is 8. The first-order chi connectivity index (χ1) is 27.3. The normalized spacial score (nSPS) is 15.4. The predicted octanol–water partition coefficient (Wildman–Crippen LogP) is -1.73. The fourth-order valence-electron chi connectivity index (χ4n) is 5.20. The van der Waals surface area contributed by atoms with Crippen molar-refractivity contribution in [2.24, 2.45) is 0 Å². The minimum Gasteiger partial charge on any atom is -0.484 e. The molecule has 13 N–H and O–H groups in total. The lowest BCUT2D eigenvalue weighted by molar-refractivity contribution is -0.116. The second-order valence-corrected chi connectivity index (χ2v) is 18.0. The van der Waals surface area contributed by atoms with E-state index in [4.69, 9.17) is 4.74 Å². The highest BCUT2D eigenvalue weighted by atomic mass is 127. The lowest BCUT2D eigenvalue weighted by atomic mass is 10.0. The maximum atomic E-state index is 13.7. The smallest absolute Gasteiger partial charge is 0.256 e. The van der Waals surface area contributed by atoms with E-state index in [2.05, 4.69) is 26.6 Å². The molecule has 5 atom stereocenters. The van der Waals surface area contributed by atoms with Crippen LogP contribution in [0.25, 0.3) is 0 Å². The molecule has 2 aromatic rings. The zero-order valence-electron chi connectivity index (χ0n) is 30.3. The summed E-state index contributed by atoms with van der Waals surface area (Å²) in [5.41, 5.74) is 0.182. The van der Waals surface area contributed by atoms with Crippen LogP contribution in [0.2, 0.25) is 0 Å². The zero-order chi connectivity index (χ0) is 43.6. The summed E-state index contributed by atoms with van der Waals surface area (Å²) < 4.78 is 7.48. The van der Waals surface area contributed by atoms with Crippen molar-refractivity contribution in [3.8, 4) is 5.75 Å². The second-order valence-electron chi connectivity index (χ2n) is 12.6. The number of benzene rings is 2. The van der Waals surface area contributed by atoms with Gasteiger partial charge in [-0.05, 0) is 113 Å². The first-order valence-corrected chi connectivity index (χ1v) is 22.5. The topological polar surface area (TPSA) is 320 Å². The summed E-state index contributed by atoms with van der Waals surface area (Å²) in [6.07, 6.45) is -6.07. The number of nitrogens with zero attached hydrogens (tertiary/aromatic N) is 1. The summed E-state index contributed by atoms with van der Waals surface area (Å²) in [6, 6.07) is 0. The van der Waals surface area contributed by atoms with E-state index in [1.807, 2.05) is 67.8 Å². The van der Waals surface area contributed by atoms with E-state index in [0.717, 1.165) is 0 Å². The van der Waals surface area contributed by atoms with E-state index < -0.39 is 86.5 Å². The van der Waals surface area contributed by atoms with Crippen molar-refractivity contribution in [1.82, 2.24) is 21.3 Å². The Kier molecular flexibility index (Phi) is 21.0. The highest BCUT2D eigenvalue weighted by Crippen LogP contribution is 2.43. The fraction of sp³-hybridized carbons (Fsp3) is 0.485. The molecule has 2 aromatic carbocycles. The van der Waals surface area contributed by atoms with E-state index in [1.54, 1.807) is 45.2 Å². The minimum atomic E-state index is -1.31. The van der Waals surface area contributed by atoms with Gasteiger partial charge in [0.05, 0.1) is 108 Å². The van der Waals surface area contributed by atoms with Crippen molar-refractivity contribution >= 4 is 154 Å². The lowest BCUT2D eigenvalue weighted by Gasteiger charge is -2.35. The Morgan fingerprint density at radius 2 is 0.966 bits per heavy atom. The number of hydrogen-bond donors (Lipinski definition) is 13. The SMILES string of the molecule is CC(=O)N(CC1CNc2c(I)c(C(=O)NCC(O)CO)c(I)c(C(=O)NCC(O)CO)c2O1)c1c(I)c(C(=O)NCC(O)CO)c(I)c(C(=O)NCC(O)CO)c1I. The molecule has 3 rings (SSSR count). The highest BCUT2D eigenvalue weighted by Gasteiger charge is 2.37. The number of aliphatic hydroxyl groups is 8.